The lowest BCUT2D eigenvalue weighted by atomic mass is 10.1. The van der Waals surface area contributed by atoms with Crippen molar-refractivity contribution in [3.05, 3.63) is 59.1 Å². The van der Waals surface area contributed by atoms with Crippen LogP contribution < -0.4 is 9.64 Å². The third-order valence-corrected chi connectivity index (χ3v) is 7.73. The average molecular weight is 423 g/mol. The largest absolute Gasteiger partial charge is 0.497 e. The summed E-state index contributed by atoms with van der Waals surface area (Å²) in [5, 5.41) is 1.51. The highest BCUT2D eigenvalue weighted by Crippen LogP contribution is 2.36. The molecule has 27 heavy (non-hydrogen) atoms. The number of rotatable bonds is 4. The van der Waals surface area contributed by atoms with Gasteiger partial charge in [-0.2, -0.15) is 0 Å². The Hall–Kier alpha value is -1.70. The van der Waals surface area contributed by atoms with Gasteiger partial charge in [0.1, 0.15) is 5.75 Å². The summed E-state index contributed by atoms with van der Waals surface area (Å²) in [7, 11) is -1.40. The van der Waals surface area contributed by atoms with Crippen LogP contribution in [0, 0.1) is 0 Å². The van der Waals surface area contributed by atoms with Gasteiger partial charge in [0.25, 0.3) is 0 Å². The fourth-order valence-electron chi connectivity index (χ4n) is 3.41. The summed E-state index contributed by atoms with van der Waals surface area (Å²) in [5.41, 5.74) is 2.08. The fraction of sp³-hybridized carbons (Fsp3) is 0.316. The molecule has 0 aromatic heterocycles. The molecular weight excluding hydrogens is 404 g/mol. The Morgan fingerprint density at radius 1 is 1.15 bits per heavy atom. The van der Waals surface area contributed by atoms with Crippen LogP contribution >= 0.6 is 23.4 Å². The molecule has 0 saturated carbocycles. The Balaban J connectivity index is 1.57. The Morgan fingerprint density at radius 2 is 1.85 bits per heavy atom. The van der Waals surface area contributed by atoms with Crippen LogP contribution in [0.2, 0.25) is 5.02 Å². The zero-order valence-electron chi connectivity index (χ0n) is 14.7. The van der Waals surface area contributed by atoms with Crippen molar-refractivity contribution in [3.63, 3.8) is 0 Å². The number of thioether (sulfide) groups is 1. The zero-order valence-corrected chi connectivity index (χ0v) is 17.1. The number of nitrogens with zero attached hydrogens (tertiary/aromatic N) is 2. The van der Waals surface area contributed by atoms with Gasteiger partial charge in [0.15, 0.2) is 15.0 Å². The highest BCUT2D eigenvalue weighted by molar-refractivity contribution is 8.13. The lowest BCUT2D eigenvalue weighted by molar-refractivity contribution is 0.414. The van der Waals surface area contributed by atoms with Crippen LogP contribution in [0.3, 0.4) is 0 Å². The molecular formula is C19H19ClN2O3S2. The van der Waals surface area contributed by atoms with Crippen LogP contribution in [-0.4, -0.2) is 44.3 Å². The number of amidine groups is 1. The normalized spacial score (nSPS) is 23.2. The lowest BCUT2D eigenvalue weighted by Gasteiger charge is -2.26. The minimum Gasteiger partial charge on any atom is -0.497 e. The predicted molar refractivity (Wildman–Crippen MR) is 112 cm³/mol. The molecule has 0 spiro atoms. The summed E-state index contributed by atoms with van der Waals surface area (Å²) in [6.45, 7) is 0. The topological polar surface area (TPSA) is 59.0 Å². The van der Waals surface area contributed by atoms with Gasteiger partial charge in [-0.1, -0.05) is 35.5 Å². The second-order valence-corrected chi connectivity index (χ2v) is 10.1. The van der Waals surface area contributed by atoms with E-state index in [2.05, 4.69) is 4.90 Å². The molecule has 2 atom stereocenters. The molecule has 0 unspecified atom stereocenters. The first kappa shape index (κ1) is 18.7. The molecule has 5 nitrogen and oxygen atoms in total. The van der Waals surface area contributed by atoms with Crippen LogP contribution in [0.5, 0.6) is 5.75 Å². The van der Waals surface area contributed by atoms with Crippen LogP contribution in [0.4, 0.5) is 5.69 Å². The molecule has 2 aliphatic rings. The van der Waals surface area contributed by atoms with E-state index in [0.717, 1.165) is 27.9 Å². The first-order valence-corrected chi connectivity index (χ1v) is 11.7. The van der Waals surface area contributed by atoms with Gasteiger partial charge in [-0.25, -0.2) is 8.42 Å². The molecule has 0 bridgehead atoms. The highest BCUT2D eigenvalue weighted by Gasteiger charge is 2.47. The number of ether oxygens (including phenoxy) is 1. The zero-order chi connectivity index (χ0) is 19.0. The maximum absolute atomic E-state index is 12.1. The number of methoxy groups -OCH3 is 1. The quantitative estimate of drug-likeness (QED) is 0.753. The molecule has 1 saturated heterocycles. The Bertz CT molecular complexity index is 959. The number of sulfone groups is 1. The van der Waals surface area contributed by atoms with E-state index in [1.54, 1.807) is 18.9 Å². The van der Waals surface area contributed by atoms with E-state index in [1.807, 2.05) is 48.5 Å². The fourth-order valence-corrected chi connectivity index (χ4v) is 6.46. The number of hydrogen-bond acceptors (Lipinski definition) is 6. The molecule has 2 heterocycles. The van der Waals surface area contributed by atoms with Gasteiger partial charge in [-0.15, -0.1) is 0 Å². The Labute approximate surface area is 168 Å². The van der Waals surface area contributed by atoms with Crippen molar-refractivity contribution < 1.29 is 13.2 Å². The number of aliphatic imine (C=N–C) groups is 1. The van der Waals surface area contributed by atoms with Crippen LogP contribution in [0.1, 0.15) is 5.56 Å². The third kappa shape index (κ3) is 3.95. The maximum atomic E-state index is 12.1. The number of halogens is 1. The van der Waals surface area contributed by atoms with Crippen molar-refractivity contribution in [1.29, 1.82) is 0 Å². The molecule has 2 aromatic carbocycles. The second kappa shape index (κ2) is 7.37. The van der Waals surface area contributed by atoms with Crippen molar-refractivity contribution in [3.8, 4) is 5.75 Å². The number of hydrogen-bond donors (Lipinski definition) is 0. The molecule has 0 radical (unpaired) electrons. The van der Waals surface area contributed by atoms with Crippen molar-refractivity contribution in [1.82, 2.24) is 0 Å². The van der Waals surface area contributed by atoms with Gasteiger partial charge in [0.2, 0.25) is 0 Å². The molecule has 0 amide bonds. The molecule has 1 fully saturated rings. The van der Waals surface area contributed by atoms with E-state index in [1.165, 1.54) is 0 Å². The summed E-state index contributed by atoms with van der Waals surface area (Å²) in [5.74, 6) is 1.83. The second-order valence-electron chi connectivity index (χ2n) is 6.61. The number of benzene rings is 2. The first-order valence-electron chi connectivity index (χ1n) is 8.54. The van der Waals surface area contributed by atoms with Gasteiger partial charge in [0.05, 0.1) is 30.7 Å². The summed E-state index contributed by atoms with van der Waals surface area (Å²) < 4.78 is 29.4. The molecule has 4 rings (SSSR count). The van der Waals surface area contributed by atoms with Crippen LogP contribution in [-0.2, 0) is 15.6 Å². The summed E-state index contributed by atoms with van der Waals surface area (Å²) in [4.78, 5) is 6.80. The van der Waals surface area contributed by atoms with Gasteiger partial charge in [0, 0.05) is 16.5 Å². The van der Waals surface area contributed by atoms with E-state index in [-0.39, 0.29) is 23.6 Å². The van der Waals surface area contributed by atoms with Gasteiger partial charge < -0.3 is 9.64 Å². The van der Waals surface area contributed by atoms with Crippen molar-refractivity contribution in [2.24, 2.45) is 4.99 Å². The van der Waals surface area contributed by atoms with E-state index >= 15 is 0 Å². The molecule has 0 N–H and O–H groups in total. The molecule has 0 aliphatic carbocycles. The number of anilines is 1. The van der Waals surface area contributed by atoms with Gasteiger partial charge in [-0.05, 0) is 42.0 Å². The summed E-state index contributed by atoms with van der Waals surface area (Å²) in [6.07, 6.45) is 0. The van der Waals surface area contributed by atoms with Crippen molar-refractivity contribution >= 4 is 44.1 Å². The van der Waals surface area contributed by atoms with E-state index in [9.17, 15) is 8.42 Å². The molecule has 8 heteroatoms. The van der Waals surface area contributed by atoms with E-state index < -0.39 is 9.84 Å². The molecule has 2 aliphatic heterocycles. The highest BCUT2D eigenvalue weighted by atomic mass is 35.5. The van der Waals surface area contributed by atoms with Gasteiger partial charge in [-0.3, -0.25) is 4.99 Å². The molecule has 2 aromatic rings. The molecule has 142 valence electrons. The average Bonchev–Trinajstić information content (AvgIpc) is 3.12. The van der Waals surface area contributed by atoms with E-state index in [4.69, 9.17) is 21.3 Å². The summed E-state index contributed by atoms with van der Waals surface area (Å²) >= 11 is 7.64. The lowest BCUT2D eigenvalue weighted by Crippen LogP contribution is -2.39. The minimum absolute atomic E-state index is 0.119. The number of fused-ring (bicyclic) bond motifs is 1. The smallest absolute Gasteiger partial charge is 0.164 e. The summed E-state index contributed by atoms with van der Waals surface area (Å²) in [6, 6.07) is 15.0. The SMILES string of the molecule is COc1ccc(CSC2=N[C@@H]3CS(=O)(=O)C[C@H]3N2c2ccc(Cl)cc2)cc1. The Kier molecular flexibility index (Phi) is 5.09. The van der Waals surface area contributed by atoms with Crippen LogP contribution in [0.15, 0.2) is 53.5 Å². The van der Waals surface area contributed by atoms with E-state index in [0.29, 0.717) is 5.02 Å². The van der Waals surface area contributed by atoms with Gasteiger partial charge >= 0.3 is 0 Å². The van der Waals surface area contributed by atoms with Crippen LogP contribution in [0.25, 0.3) is 0 Å². The standard InChI is InChI=1S/C19H19ClN2O3S2/c1-25-16-8-2-13(3-9-16)10-26-19-21-17-11-27(23,24)12-18(17)22(19)15-6-4-14(20)5-7-15/h2-9,17-18H,10-12H2,1H3/t17-,18-/m1/s1. The Morgan fingerprint density at radius 3 is 2.52 bits per heavy atom. The van der Waals surface area contributed by atoms with Crippen molar-refractivity contribution in [2.75, 3.05) is 23.5 Å². The maximum Gasteiger partial charge on any atom is 0.164 e. The predicted octanol–water partition coefficient (Wildman–Crippen LogP) is 3.62. The first-order chi connectivity index (χ1) is 12.9. The third-order valence-electron chi connectivity index (χ3n) is 4.74. The minimum atomic E-state index is -3.05. The van der Waals surface area contributed by atoms with Crippen molar-refractivity contribution in [2.45, 2.75) is 17.8 Å². The monoisotopic (exact) mass is 422 g/mol.